The van der Waals surface area contributed by atoms with E-state index in [4.69, 9.17) is 21.1 Å². The lowest BCUT2D eigenvalue weighted by molar-refractivity contribution is -0.118. The van der Waals surface area contributed by atoms with Gasteiger partial charge in [-0.15, -0.1) is 0 Å². The van der Waals surface area contributed by atoms with E-state index in [0.29, 0.717) is 41.2 Å². The molecule has 1 saturated carbocycles. The number of hydrogen-bond acceptors (Lipinski definition) is 4. The summed E-state index contributed by atoms with van der Waals surface area (Å²) in [6, 6.07) is 15.0. The van der Waals surface area contributed by atoms with Crippen LogP contribution in [-0.4, -0.2) is 18.6 Å². The van der Waals surface area contributed by atoms with Crippen LogP contribution in [0.25, 0.3) is 6.08 Å². The molecule has 1 aliphatic carbocycles. The van der Waals surface area contributed by atoms with E-state index in [1.54, 1.807) is 24.3 Å². The van der Waals surface area contributed by atoms with Gasteiger partial charge in [-0.05, 0) is 55.5 Å². The largest absolute Gasteiger partial charge is 0.490 e. The number of benzene rings is 2. The third-order valence-corrected chi connectivity index (χ3v) is 6.08. The maximum Gasteiger partial charge on any atom is 0.262 e. The summed E-state index contributed by atoms with van der Waals surface area (Å²) in [5.74, 6) is 1.21. The predicted octanol–water partition coefficient (Wildman–Crippen LogP) is 5.92. The van der Waals surface area contributed by atoms with Crippen LogP contribution < -0.4 is 14.8 Å². The number of amides is 1. The van der Waals surface area contributed by atoms with Crippen molar-refractivity contribution in [2.24, 2.45) is 5.92 Å². The number of nitrogens with zero attached hydrogens (tertiary/aromatic N) is 1. The van der Waals surface area contributed by atoms with Crippen LogP contribution in [0.4, 0.5) is 0 Å². The maximum atomic E-state index is 12.7. The molecule has 2 aromatic rings. The van der Waals surface area contributed by atoms with E-state index in [9.17, 15) is 10.1 Å². The zero-order chi connectivity index (χ0) is 22.9. The lowest BCUT2D eigenvalue weighted by Crippen LogP contribution is -2.41. The van der Waals surface area contributed by atoms with E-state index in [-0.39, 0.29) is 17.5 Å². The van der Waals surface area contributed by atoms with E-state index in [0.717, 1.165) is 24.8 Å². The number of rotatable bonds is 8. The summed E-state index contributed by atoms with van der Waals surface area (Å²) < 4.78 is 11.7. The molecule has 32 heavy (non-hydrogen) atoms. The highest BCUT2D eigenvalue weighted by atomic mass is 35.5. The van der Waals surface area contributed by atoms with Gasteiger partial charge < -0.3 is 14.8 Å². The summed E-state index contributed by atoms with van der Waals surface area (Å²) in [6.45, 7) is 4.80. The van der Waals surface area contributed by atoms with Gasteiger partial charge >= 0.3 is 0 Å². The van der Waals surface area contributed by atoms with Crippen LogP contribution in [0, 0.1) is 17.2 Å². The molecule has 1 fully saturated rings. The second-order valence-electron chi connectivity index (χ2n) is 8.03. The average Bonchev–Trinajstić information content (AvgIpc) is 2.79. The van der Waals surface area contributed by atoms with Crippen LogP contribution in [-0.2, 0) is 11.4 Å². The third-order valence-electron chi connectivity index (χ3n) is 5.71. The number of nitriles is 1. The van der Waals surface area contributed by atoms with Crippen molar-refractivity contribution >= 4 is 23.6 Å². The third kappa shape index (κ3) is 6.27. The summed E-state index contributed by atoms with van der Waals surface area (Å²) >= 11 is 6.21. The number of carbonyl (C=O) groups is 1. The normalized spacial score (nSPS) is 18.5. The highest BCUT2D eigenvalue weighted by molar-refractivity contribution is 6.31. The molecule has 3 rings (SSSR count). The van der Waals surface area contributed by atoms with E-state index >= 15 is 0 Å². The Morgan fingerprint density at radius 1 is 1.19 bits per heavy atom. The second-order valence-corrected chi connectivity index (χ2v) is 8.44. The molecule has 0 spiro atoms. The number of ether oxygens (including phenoxy) is 2. The molecule has 2 aromatic carbocycles. The molecule has 1 amide bonds. The molecule has 5 nitrogen and oxygen atoms in total. The Hall–Kier alpha value is -2.97. The van der Waals surface area contributed by atoms with Crippen molar-refractivity contribution in [2.45, 2.75) is 52.2 Å². The first-order valence-corrected chi connectivity index (χ1v) is 11.4. The molecule has 168 valence electrons. The Morgan fingerprint density at radius 2 is 1.97 bits per heavy atom. The number of nitrogens with one attached hydrogen (secondary N) is 1. The minimum atomic E-state index is -0.330. The fourth-order valence-corrected chi connectivity index (χ4v) is 4.06. The van der Waals surface area contributed by atoms with E-state index in [2.05, 4.69) is 12.2 Å². The molecule has 0 aliphatic heterocycles. The fourth-order valence-electron chi connectivity index (χ4n) is 3.87. The van der Waals surface area contributed by atoms with Crippen molar-refractivity contribution in [3.05, 3.63) is 64.2 Å². The first-order valence-electron chi connectivity index (χ1n) is 11.1. The van der Waals surface area contributed by atoms with Gasteiger partial charge in [-0.2, -0.15) is 5.26 Å². The first kappa shape index (κ1) is 23.7. The van der Waals surface area contributed by atoms with Crippen molar-refractivity contribution < 1.29 is 14.3 Å². The molecule has 1 aliphatic rings. The van der Waals surface area contributed by atoms with Crippen LogP contribution >= 0.6 is 11.6 Å². The average molecular weight is 453 g/mol. The Labute approximate surface area is 195 Å². The zero-order valence-corrected chi connectivity index (χ0v) is 19.3. The summed E-state index contributed by atoms with van der Waals surface area (Å²) in [5.41, 5.74) is 1.65. The summed E-state index contributed by atoms with van der Waals surface area (Å²) in [4.78, 5) is 12.7. The predicted molar refractivity (Wildman–Crippen MR) is 127 cm³/mol. The molecule has 6 heteroatoms. The molecule has 2 atom stereocenters. The Balaban J connectivity index is 1.75. The molecule has 0 aromatic heterocycles. The molecule has 0 heterocycles. The van der Waals surface area contributed by atoms with Gasteiger partial charge in [0.2, 0.25) is 0 Å². The molecule has 0 saturated heterocycles. The first-order chi connectivity index (χ1) is 15.5. The smallest absolute Gasteiger partial charge is 0.262 e. The van der Waals surface area contributed by atoms with Crippen molar-refractivity contribution in [3.8, 4) is 17.6 Å². The number of halogens is 1. The summed E-state index contributed by atoms with van der Waals surface area (Å²) in [7, 11) is 0. The van der Waals surface area contributed by atoms with Gasteiger partial charge in [0.15, 0.2) is 11.5 Å². The lowest BCUT2D eigenvalue weighted by atomic mass is 9.86. The van der Waals surface area contributed by atoms with Gasteiger partial charge in [-0.3, -0.25) is 4.79 Å². The van der Waals surface area contributed by atoms with Crippen LogP contribution in [0.3, 0.4) is 0 Å². The van der Waals surface area contributed by atoms with Gasteiger partial charge in [-0.1, -0.05) is 55.6 Å². The molecule has 1 N–H and O–H groups in total. The molecular formula is C26H29ClN2O3. The van der Waals surface area contributed by atoms with Gasteiger partial charge in [0.05, 0.1) is 6.61 Å². The standard InChI is InChI=1S/C26H29ClN2O3/c1-3-31-25-15-19(12-13-24(25)32-17-20-9-5-6-10-22(20)27)14-21(16-28)26(30)29-23-11-7-4-8-18(23)2/h5-6,9-10,12-15,18,23H,3-4,7-8,11,17H2,1-2H3,(H,29,30)/b21-14+/t18-,23+/m0/s1. The highest BCUT2D eigenvalue weighted by Crippen LogP contribution is 2.31. The van der Waals surface area contributed by atoms with Crippen LogP contribution in [0.2, 0.25) is 5.02 Å². The number of hydrogen-bond donors (Lipinski definition) is 1. The van der Waals surface area contributed by atoms with Gasteiger partial charge in [0, 0.05) is 16.6 Å². The zero-order valence-electron chi connectivity index (χ0n) is 18.6. The lowest BCUT2D eigenvalue weighted by Gasteiger charge is -2.29. The monoisotopic (exact) mass is 452 g/mol. The van der Waals surface area contributed by atoms with Crippen molar-refractivity contribution in [2.75, 3.05) is 6.61 Å². The van der Waals surface area contributed by atoms with E-state index in [1.807, 2.05) is 37.3 Å². The topological polar surface area (TPSA) is 71.3 Å². The van der Waals surface area contributed by atoms with Crippen LogP contribution in [0.5, 0.6) is 11.5 Å². The van der Waals surface area contributed by atoms with Crippen molar-refractivity contribution in [3.63, 3.8) is 0 Å². The van der Waals surface area contributed by atoms with E-state index in [1.165, 1.54) is 6.42 Å². The van der Waals surface area contributed by atoms with Crippen molar-refractivity contribution in [1.82, 2.24) is 5.32 Å². The SMILES string of the molecule is CCOc1cc(/C=C(\C#N)C(=O)N[C@@H]2CCCC[C@@H]2C)ccc1OCc1ccccc1Cl. The van der Waals surface area contributed by atoms with Crippen LogP contribution in [0.1, 0.15) is 50.7 Å². The van der Waals surface area contributed by atoms with Gasteiger partial charge in [0.25, 0.3) is 5.91 Å². The molecule has 0 bridgehead atoms. The maximum absolute atomic E-state index is 12.7. The van der Waals surface area contributed by atoms with E-state index < -0.39 is 0 Å². The Morgan fingerprint density at radius 3 is 2.69 bits per heavy atom. The van der Waals surface area contributed by atoms with Crippen LogP contribution in [0.15, 0.2) is 48.0 Å². The molecule has 0 radical (unpaired) electrons. The van der Waals surface area contributed by atoms with Crippen molar-refractivity contribution in [1.29, 1.82) is 5.26 Å². The van der Waals surface area contributed by atoms with Gasteiger partial charge in [0.1, 0.15) is 18.2 Å². The van der Waals surface area contributed by atoms with Gasteiger partial charge in [-0.25, -0.2) is 0 Å². The Bertz CT molecular complexity index is 1010. The summed E-state index contributed by atoms with van der Waals surface area (Å²) in [6.07, 6.45) is 5.94. The highest BCUT2D eigenvalue weighted by Gasteiger charge is 2.24. The minimum Gasteiger partial charge on any atom is -0.490 e. The summed E-state index contributed by atoms with van der Waals surface area (Å²) in [5, 5.41) is 13.2. The second kappa shape index (κ2) is 11.6. The minimum absolute atomic E-state index is 0.0787. The molecular weight excluding hydrogens is 424 g/mol. The quantitative estimate of drug-likeness (QED) is 0.398. The molecule has 0 unspecified atom stereocenters. The number of carbonyl (C=O) groups excluding carboxylic acids is 1. The Kier molecular flexibility index (Phi) is 8.58. The fraction of sp³-hybridized carbons (Fsp3) is 0.385.